The lowest BCUT2D eigenvalue weighted by Crippen LogP contribution is -2.23. The molecule has 1 atom stereocenters. The highest BCUT2D eigenvalue weighted by Gasteiger charge is 2.22. The summed E-state index contributed by atoms with van der Waals surface area (Å²) in [7, 11) is 0. The molecule has 0 aliphatic heterocycles. The van der Waals surface area contributed by atoms with Crippen molar-refractivity contribution in [3.8, 4) is 0 Å². The zero-order valence-electron chi connectivity index (χ0n) is 5.31. The number of esters is 1. The Balaban J connectivity index is 3.71. The van der Waals surface area contributed by atoms with Crippen LogP contribution in [0, 0.1) is 0 Å². The van der Waals surface area contributed by atoms with Crippen LogP contribution in [0.15, 0.2) is 0 Å². The first-order valence-electron chi connectivity index (χ1n) is 2.68. The van der Waals surface area contributed by atoms with Crippen molar-refractivity contribution in [1.29, 1.82) is 0 Å². The van der Waals surface area contributed by atoms with Gasteiger partial charge in [0.15, 0.2) is 0 Å². The lowest BCUT2D eigenvalue weighted by Gasteiger charge is -2.07. The van der Waals surface area contributed by atoms with Gasteiger partial charge < -0.3 is 4.74 Å². The monoisotopic (exact) mass is 248 g/mol. The molecule has 10 heavy (non-hydrogen) atoms. The first-order chi connectivity index (χ1) is 4.59. The highest BCUT2D eigenvalue weighted by atomic mass is 79.9. The van der Waals surface area contributed by atoms with E-state index < -0.39 is 15.6 Å². The SMILES string of the molecule is CCOC(=O)C(Br)C(Cl)Cl. The number of carbonyl (C=O) groups excluding carboxylic acids is 1. The lowest BCUT2D eigenvalue weighted by atomic mass is 10.5. The summed E-state index contributed by atoms with van der Waals surface area (Å²) in [6.07, 6.45) is 0. The Hall–Kier alpha value is 0.530. The number of alkyl halides is 3. The highest BCUT2D eigenvalue weighted by Crippen LogP contribution is 2.17. The molecule has 0 saturated heterocycles. The maximum absolute atomic E-state index is 10.7. The topological polar surface area (TPSA) is 26.3 Å². The predicted octanol–water partition coefficient (Wildman–Crippen LogP) is 2.12. The van der Waals surface area contributed by atoms with Gasteiger partial charge in [0.05, 0.1) is 6.61 Å². The van der Waals surface area contributed by atoms with Crippen molar-refractivity contribution < 1.29 is 9.53 Å². The fourth-order valence-electron chi connectivity index (χ4n) is 0.325. The molecule has 1 unspecified atom stereocenters. The second-order valence-electron chi connectivity index (χ2n) is 1.49. The minimum absolute atomic E-state index is 0.335. The molecule has 0 aromatic heterocycles. The third-order valence-electron chi connectivity index (χ3n) is 0.733. The van der Waals surface area contributed by atoms with Crippen molar-refractivity contribution in [3.05, 3.63) is 0 Å². The van der Waals surface area contributed by atoms with Gasteiger partial charge in [-0.1, -0.05) is 15.9 Å². The summed E-state index contributed by atoms with van der Waals surface area (Å²) in [6.45, 7) is 2.05. The number of rotatable bonds is 3. The molecule has 0 aromatic carbocycles. The molecule has 0 N–H and O–H groups in total. The molecule has 0 heterocycles. The fourth-order valence-corrected chi connectivity index (χ4v) is 0.663. The van der Waals surface area contributed by atoms with E-state index in [4.69, 9.17) is 23.2 Å². The van der Waals surface area contributed by atoms with Crippen molar-refractivity contribution in [2.45, 2.75) is 16.6 Å². The van der Waals surface area contributed by atoms with Crippen LogP contribution in [0.2, 0.25) is 0 Å². The standard InChI is InChI=1S/C5H7BrCl2O2/c1-2-10-5(9)3(6)4(7)8/h3-4H,2H2,1H3. The van der Waals surface area contributed by atoms with Gasteiger partial charge in [-0.3, -0.25) is 4.79 Å². The van der Waals surface area contributed by atoms with Crippen molar-refractivity contribution in [3.63, 3.8) is 0 Å². The molecule has 0 saturated carbocycles. The van der Waals surface area contributed by atoms with Crippen LogP contribution in [0.3, 0.4) is 0 Å². The van der Waals surface area contributed by atoms with Crippen LogP contribution in [-0.2, 0) is 9.53 Å². The van der Waals surface area contributed by atoms with E-state index in [1.54, 1.807) is 6.92 Å². The van der Waals surface area contributed by atoms with Crippen molar-refractivity contribution in [1.82, 2.24) is 0 Å². The second kappa shape index (κ2) is 5.22. The molecule has 0 amide bonds. The minimum atomic E-state index is -0.765. The van der Waals surface area contributed by atoms with Crippen molar-refractivity contribution in [2.24, 2.45) is 0 Å². The maximum Gasteiger partial charge on any atom is 0.322 e. The van der Waals surface area contributed by atoms with Crippen LogP contribution >= 0.6 is 39.1 Å². The van der Waals surface area contributed by atoms with Gasteiger partial charge in [-0.05, 0) is 6.92 Å². The molecule has 0 radical (unpaired) electrons. The van der Waals surface area contributed by atoms with Gasteiger partial charge in [0.1, 0.15) is 9.66 Å². The summed E-state index contributed by atoms with van der Waals surface area (Å²) in [6, 6.07) is 0. The average Bonchev–Trinajstić information content (AvgIpc) is 1.87. The quantitative estimate of drug-likeness (QED) is 0.566. The van der Waals surface area contributed by atoms with E-state index >= 15 is 0 Å². The lowest BCUT2D eigenvalue weighted by molar-refractivity contribution is -0.141. The van der Waals surface area contributed by atoms with Crippen LogP contribution in [0.25, 0.3) is 0 Å². The summed E-state index contributed by atoms with van der Waals surface area (Å²) in [5.41, 5.74) is 0. The zero-order valence-corrected chi connectivity index (χ0v) is 8.41. The minimum Gasteiger partial charge on any atom is -0.465 e. The molecule has 0 aromatic rings. The summed E-state index contributed by atoms with van der Waals surface area (Å²) >= 11 is 13.7. The van der Waals surface area contributed by atoms with E-state index in [0.29, 0.717) is 6.61 Å². The van der Waals surface area contributed by atoms with E-state index in [9.17, 15) is 4.79 Å². The third-order valence-corrected chi connectivity index (χ3v) is 2.75. The Morgan fingerprint density at radius 1 is 1.70 bits per heavy atom. The number of ether oxygens (including phenoxy) is 1. The molecular formula is C5H7BrCl2O2. The zero-order chi connectivity index (χ0) is 8.15. The number of hydrogen-bond acceptors (Lipinski definition) is 2. The summed E-state index contributed by atoms with van der Waals surface area (Å²) in [4.78, 5) is 9.35. The molecule has 60 valence electrons. The first-order valence-corrected chi connectivity index (χ1v) is 4.47. The number of halogens is 3. The average molecular weight is 250 g/mol. The molecular weight excluding hydrogens is 243 g/mol. The third kappa shape index (κ3) is 3.64. The van der Waals surface area contributed by atoms with E-state index in [-0.39, 0.29) is 0 Å². The molecule has 0 rings (SSSR count). The van der Waals surface area contributed by atoms with E-state index in [0.717, 1.165) is 0 Å². The van der Waals surface area contributed by atoms with E-state index in [2.05, 4.69) is 20.7 Å². The molecule has 0 bridgehead atoms. The Labute approximate surface area is 77.9 Å². The maximum atomic E-state index is 10.7. The fraction of sp³-hybridized carbons (Fsp3) is 0.800. The van der Waals surface area contributed by atoms with Gasteiger partial charge in [0, 0.05) is 0 Å². The van der Waals surface area contributed by atoms with Crippen molar-refractivity contribution in [2.75, 3.05) is 6.61 Å². The van der Waals surface area contributed by atoms with E-state index in [1.165, 1.54) is 0 Å². The summed E-state index contributed by atoms with van der Waals surface area (Å²) < 4.78 is 4.61. The molecule has 0 aliphatic carbocycles. The van der Waals surface area contributed by atoms with Crippen LogP contribution < -0.4 is 0 Å². The molecule has 5 heteroatoms. The first kappa shape index (κ1) is 10.5. The highest BCUT2D eigenvalue weighted by molar-refractivity contribution is 9.10. The Bertz CT molecular complexity index is 118. The summed E-state index contributed by atoms with van der Waals surface area (Å²) in [5.74, 6) is -0.433. The molecule has 2 nitrogen and oxygen atoms in total. The van der Waals surface area contributed by atoms with Gasteiger partial charge >= 0.3 is 5.97 Å². The Morgan fingerprint density at radius 3 is 2.50 bits per heavy atom. The Kier molecular flexibility index (Phi) is 5.49. The number of carbonyl (C=O) groups is 1. The number of hydrogen-bond donors (Lipinski definition) is 0. The van der Waals surface area contributed by atoms with Gasteiger partial charge in [0.2, 0.25) is 0 Å². The van der Waals surface area contributed by atoms with Gasteiger partial charge in [-0.15, -0.1) is 23.2 Å². The van der Waals surface area contributed by atoms with Gasteiger partial charge in [-0.2, -0.15) is 0 Å². The molecule has 0 spiro atoms. The van der Waals surface area contributed by atoms with Crippen LogP contribution in [0.4, 0.5) is 0 Å². The smallest absolute Gasteiger partial charge is 0.322 e. The molecule has 0 aliphatic rings. The van der Waals surface area contributed by atoms with E-state index in [1.807, 2.05) is 0 Å². The normalized spacial score (nSPS) is 13.3. The van der Waals surface area contributed by atoms with Crippen LogP contribution in [-0.4, -0.2) is 22.2 Å². The summed E-state index contributed by atoms with van der Waals surface area (Å²) in [5, 5.41) is 0. The predicted molar refractivity (Wildman–Crippen MR) is 44.8 cm³/mol. The van der Waals surface area contributed by atoms with Gasteiger partial charge in [0.25, 0.3) is 0 Å². The largest absolute Gasteiger partial charge is 0.465 e. The Morgan fingerprint density at radius 2 is 2.20 bits per heavy atom. The second-order valence-corrected chi connectivity index (χ2v) is 3.64. The molecule has 0 fully saturated rings. The van der Waals surface area contributed by atoms with Crippen molar-refractivity contribution >= 4 is 45.1 Å². The van der Waals surface area contributed by atoms with Crippen LogP contribution in [0.1, 0.15) is 6.92 Å². The van der Waals surface area contributed by atoms with Gasteiger partial charge in [-0.25, -0.2) is 0 Å². The van der Waals surface area contributed by atoms with Crippen LogP contribution in [0.5, 0.6) is 0 Å².